The van der Waals surface area contributed by atoms with Gasteiger partial charge in [0.25, 0.3) is 11.7 Å². The number of aromatic nitrogens is 2. The maximum Gasteiger partial charge on any atom is 0.333 e. The van der Waals surface area contributed by atoms with E-state index in [4.69, 9.17) is 18.9 Å². The number of fused-ring (bicyclic) bond motifs is 1. The number of benzene rings is 1. The molecule has 2 aromatic rings. The third kappa shape index (κ3) is 4.39. The molecule has 2 heterocycles. The second-order valence-electron chi connectivity index (χ2n) is 6.21. The Hall–Kier alpha value is -3.03. The zero-order chi connectivity index (χ0) is 19.2. The molecule has 3 rings (SSSR count). The van der Waals surface area contributed by atoms with E-state index < -0.39 is 17.9 Å². The first-order valence-corrected chi connectivity index (χ1v) is 8.85. The lowest BCUT2D eigenvalue weighted by molar-refractivity contribution is -0.678. The first-order chi connectivity index (χ1) is 13.1. The normalized spacial score (nSPS) is 13.3. The molecular weight excluding hydrogens is 352 g/mol. The van der Waals surface area contributed by atoms with Crippen LogP contribution >= 0.6 is 0 Å². The summed E-state index contributed by atoms with van der Waals surface area (Å²) in [6.07, 6.45) is 4.99. The summed E-state index contributed by atoms with van der Waals surface area (Å²) in [6, 6.07) is 5.29. The van der Waals surface area contributed by atoms with Crippen LogP contribution in [-0.4, -0.2) is 30.3 Å². The van der Waals surface area contributed by atoms with Gasteiger partial charge in [-0.3, -0.25) is 9.59 Å². The lowest BCUT2D eigenvalue weighted by atomic mass is 10.1. The molecule has 0 spiro atoms. The van der Waals surface area contributed by atoms with Gasteiger partial charge in [-0.05, 0) is 24.1 Å². The van der Waals surface area contributed by atoms with Gasteiger partial charge in [-0.1, -0.05) is 19.4 Å². The quantitative estimate of drug-likeness (QED) is 0.327. The molecule has 1 N–H and O–H groups in total. The highest BCUT2D eigenvalue weighted by Gasteiger charge is 2.39. The fourth-order valence-electron chi connectivity index (χ4n) is 2.69. The van der Waals surface area contributed by atoms with Gasteiger partial charge in [-0.2, -0.15) is 0 Å². The second kappa shape index (κ2) is 8.57. The van der Waals surface area contributed by atoms with E-state index in [2.05, 4.69) is 4.98 Å². The van der Waals surface area contributed by atoms with E-state index in [0.29, 0.717) is 17.3 Å². The Kier molecular flexibility index (Phi) is 5.95. The Balaban J connectivity index is 1.69. The minimum absolute atomic E-state index is 0.0125. The van der Waals surface area contributed by atoms with Crippen molar-refractivity contribution in [3.63, 3.8) is 0 Å². The number of nitrogens with zero attached hydrogens (tertiary/aromatic N) is 1. The van der Waals surface area contributed by atoms with Crippen molar-refractivity contribution in [1.29, 1.82) is 0 Å². The van der Waals surface area contributed by atoms with Gasteiger partial charge in [-0.15, -0.1) is 0 Å². The van der Waals surface area contributed by atoms with E-state index in [-0.39, 0.29) is 20.0 Å². The van der Waals surface area contributed by atoms with Crippen LogP contribution in [0, 0.1) is 0 Å². The summed E-state index contributed by atoms with van der Waals surface area (Å²) in [5.41, 5.74) is 0.738. The molecule has 1 aromatic carbocycles. The van der Waals surface area contributed by atoms with Crippen molar-refractivity contribution in [2.45, 2.75) is 32.3 Å². The minimum Gasteiger partial charge on any atom is -0.465 e. The van der Waals surface area contributed by atoms with Gasteiger partial charge in [0, 0.05) is 0 Å². The van der Waals surface area contributed by atoms with E-state index in [1.54, 1.807) is 42.2 Å². The summed E-state index contributed by atoms with van der Waals surface area (Å²) in [6.45, 7) is 2.45. The first-order valence-electron chi connectivity index (χ1n) is 8.85. The van der Waals surface area contributed by atoms with Crippen molar-refractivity contribution >= 4 is 11.9 Å². The van der Waals surface area contributed by atoms with Crippen LogP contribution < -0.4 is 14.0 Å². The molecule has 0 saturated heterocycles. The van der Waals surface area contributed by atoms with Crippen molar-refractivity contribution in [3.8, 4) is 11.5 Å². The largest absolute Gasteiger partial charge is 0.465 e. The zero-order valence-electron chi connectivity index (χ0n) is 15.4. The number of nitrogens with one attached hydrogen (secondary N) is 1. The summed E-state index contributed by atoms with van der Waals surface area (Å²) in [4.78, 5) is 28.1. The van der Waals surface area contributed by atoms with Crippen LogP contribution in [0.15, 0.2) is 30.6 Å². The highest BCUT2D eigenvalue weighted by Crippen LogP contribution is 2.32. The molecule has 1 aliphatic heterocycles. The molecule has 0 fully saturated rings. The number of H-pyrrole nitrogens is 1. The molecule has 0 saturated carbocycles. The van der Waals surface area contributed by atoms with E-state index in [0.717, 1.165) is 18.4 Å². The number of aryl methyl sites for hydroxylation is 1. The van der Waals surface area contributed by atoms with Gasteiger partial charge in [0.05, 0.1) is 13.7 Å². The highest BCUT2D eigenvalue weighted by atomic mass is 16.7. The Morgan fingerprint density at radius 1 is 1.22 bits per heavy atom. The van der Waals surface area contributed by atoms with Crippen LogP contribution in [0.2, 0.25) is 0 Å². The highest BCUT2D eigenvalue weighted by molar-refractivity contribution is 5.99. The number of ether oxygens (including phenoxy) is 4. The number of rotatable bonds is 8. The van der Waals surface area contributed by atoms with Crippen molar-refractivity contribution in [1.82, 2.24) is 4.98 Å². The average molecular weight is 375 g/mol. The number of unbranched alkanes of at least 4 members (excludes halogenated alkanes) is 1. The number of hydrogen-bond donors (Lipinski definition) is 1. The molecule has 8 heteroatoms. The molecule has 1 unspecified atom stereocenters. The molecule has 1 aromatic heterocycles. The summed E-state index contributed by atoms with van der Waals surface area (Å²) in [5, 5.41) is 0. The summed E-state index contributed by atoms with van der Waals surface area (Å²) < 4.78 is 22.9. The second-order valence-corrected chi connectivity index (χ2v) is 6.21. The Morgan fingerprint density at radius 3 is 2.74 bits per heavy atom. The van der Waals surface area contributed by atoms with Crippen LogP contribution in [0.5, 0.6) is 11.5 Å². The predicted molar refractivity (Wildman–Crippen MR) is 92.9 cm³/mol. The third-order valence-corrected chi connectivity index (χ3v) is 4.21. The number of aromatic amines is 1. The molecule has 1 aliphatic rings. The van der Waals surface area contributed by atoms with Gasteiger partial charge in [0.2, 0.25) is 6.79 Å². The summed E-state index contributed by atoms with van der Waals surface area (Å²) in [7, 11) is 1.74. The standard InChI is InChI=1S/C19H22N2O6/c1-3-4-9-24-18(22)16(17-20-7-8-21(17)2)19(23)25-11-13-5-6-14-15(10-13)27-12-26-14/h5-8,10,16H,3-4,9,11-12H2,1-2H3/p+1. The van der Waals surface area contributed by atoms with E-state index in [1.165, 1.54) is 0 Å². The Morgan fingerprint density at radius 2 is 2.00 bits per heavy atom. The maximum atomic E-state index is 12.7. The molecule has 8 nitrogen and oxygen atoms in total. The fraction of sp³-hybridized carbons (Fsp3) is 0.421. The Bertz CT molecular complexity index is 816. The topological polar surface area (TPSA) is 90.7 Å². The van der Waals surface area contributed by atoms with Crippen LogP contribution in [-0.2, 0) is 32.7 Å². The molecular formula is C19H23N2O6+. The van der Waals surface area contributed by atoms with Gasteiger partial charge >= 0.3 is 11.9 Å². The van der Waals surface area contributed by atoms with E-state index in [1.807, 2.05) is 6.92 Å². The summed E-state index contributed by atoms with van der Waals surface area (Å²) in [5.74, 6) is -0.803. The van der Waals surface area contributed by atoms with E-state index >= 15 is 0 Å². The number of carbonyl (C=O) groups is 2. The van der Waals surface area contributed by atoms with Gasteiger partial charge in [-0.25, -0.2) is 9.55 Å². The van der Waals surface area contributed by atoms with Crippen molar-refractivity contribution in [3.05, 3.63) is 42.0 Å². The lowest BCUT2D eigenvalue weighted by Crippen LogP contribution is -2.39. The molecule has 0 bridgehead atoms. The van der Waals surface area contributed by atoms with Crippen LogP contribution in [0.4, 0.5) is 0 Å². The molecule has 0 aliphatic carbocycles. The van der Waals surface area contributed by atoms with Crippen molar-refractivity contribution in [2.75, 3.05) is 13.4 Å². The Labute approximate surface area is 157 Å². The van der Waals surface area contributed by atoms with Crippen LogP contribution in [0.1, 0.15) is 37.1 Å². The number of hydrogen-bond acceptors (Lipinski definition) is 6. The molecule has 0 amide bonds. The van der Waals surface area contributed by atoms with Gasteiger partial charge in [0.1, 0.15) is 19.0 Å². The maximum absolute atomic E-state index is 12.7. The molecule has 144 valence electrons. The number of imidazole rings is 1. The van der Waals surface area contributed by atoms with Gasteiger partial charge < -0.3 is 18.9 Å². The van der Waals surface area contributed by atoms with Gasteiger partial charge in [0.15, 0.2) is 11.5 Å². The zero-order valence-corrected chi connectivity index (χ0v) is 15.4. The molecule has 1 atom stereocenters. The molecule has 0 radical (unpaired) electrons. The SMILES string of the molecule is CCCCOC(=O)C(C(=O)OCc1ccc2c(c1)OCO2)c1[nH]cc[n+]1C. The van der Waals surface area contributed by atoms with E-state index in [9.17, 15) is 9.59 Å². The average Bonchev–Trinajstić information content (AvgIpc) is 3.29. The van der Waals surface area contributed by atoms with Crippen molar-refractivity contribution < 1.29 is 33.1 Å². The predicted octanol–water partition coefficient (Wildman–Crippen LogP) is 1.74. The fourth-order valence-corrected chi connectivity index (χ4v) is 2.69. The smallest absolute Gasteiger partial charge is 0.333 e. The lowest BCUT2D eigenvalue weighted by Gasteiger charge is -2.13. The van der Waals surface area contributed by atoms with Crippen LogP contribution in [0.3, 0.4) is 0 Å². The van der Waals surface area contributed by atoms with Crippen LogP contribution in [0.25, 0.3) is 0 Å². The monoisotopic (exact) mass is 375 g/mol. The summed E-state index contributed by atoms with van der Waals surface area (Å²) >= 11 is 0. The minimum atomic E-state index is -1.17. The number of carbonyl (C=O) groups excluding carboxylic acids is 2. The number of esters is 2. The third-order valence-electron chi connectivity index (χ3n) is 4.21. The molecule has 27 heavy (non-hydrogen) atoms. The van der Waals surface area contributed by atoms with Crippen molar-refractivity contribution in [2.24, 2.45) is 7.05 Å². The first kappa shape index (κ1) is 18.8.